The van der Waals surface area contributed by atoms with Crippen molar-refractivity contribution in [2.45, 2.75) is 13.0 Å². The third-order valence-corrected chi connectivity index (χ3v) is 5.11. The molecule has 1 fully saturated rings. The molecule has 27 heavy (non-hydrogen) atoms. The van der Waals surface area contributed by atoms with E-state index >= 15 is 0 Å². The lowest BCUT2D eigenvalue weighted by molar-refractivity contribution is -0.914. The molecule has 0 aromatic heterocycles. The largest absolute Gasteiger partial charge is 0.360 e. The minimum Gasteiger partial charge on any atom is -0.360 e. The fourth-order valence-corrected chi connectivity index (χ4v) is 3.39. The predicted molar refractivity (Wildman–Crippen MR) is 98.8 cm³/mol. The number of nitrogens with zero attached hydrogens (tertiary/aromatic N) is 1. The normalized spacial score (nSPS) is 16.3. The SMILES string of the molecule is C[C@@H](C(=O)Nc1ccc(F)c(F)c1F)[NH+]1CCN(c2cccc(Cl)c2)CC1. The standard InChI is InChI=1S/C19H19ClF3N3O/c1-12(19(27)24-16-6-5-15(21)17(22)18(16)23)25-7-9-26(10-8-25)14-4-2-3-13(20)11-14/h2-6,11-12H,7-10H2,1H3,(H,24,27)/p+1/t12-/m0/s1. The molecule has 3 rings (SSSR count). The summed E-state index contributed by atoms with van der Waals surface area (Å²) in [5, 5.41) is 3.02. The van der Waals surface area contributed by atoms with E-state index < -0.39 is 29.4 Å². The van der Waals surface area contributed by atoms with Crippen LogP contribution in [0.5, 0.6) is 0 Å². The number of hydrogen-bond donors (Lipinski definition) is 2. The Labute approximate surface area is 160 Å². The highest BCUT2D eigenvalue weighted by Gasteiger charge is 2.30. The van der Waals surface area contributed by atoms with Crippen molar-refractivity contribution in [3.8, 4) is 0 Å². The van der Waals surface area contributed by atoms with E-state index in [0.29, 0.717) is 18.1 Å². The second-order valence-electron chi connectivity index (χ2n) is 6.56. The molecular formula is C19H20ClF3N3O+. The van der Waals surface area contributed by atoms with Crippen LogP contribution < -0.4 is 15.1 Å². The molecule has 2 N–H and O–H groups in total. The molecule has 2 aromatic rings. The molecule has 0 spiro atoms. The van der Waals surface area contributed by atoms with Gasteiger partial charge in [0.25, 0.3) is 5.91 Å². The Hall–Kier alpha value is -2.25. The Bertz CT molecular complexity index is 841. The molecule has 0 radical (unpaired) electrons. The maximum absolute atomic E-state index is 13.7. The molecule has 0 unspecified atom stereocenters. The Morgan fingerprint density at radius 1 is 1.15 bits per heavy atom. The van der Waals surface area contributed by atoms with E-state index in [1.54, 1.807) is 6.92 Å². The van der Waals surface area contributed by atoms with Crippen LogP contribution in [0.2, 0.25) is 5.02 Å². The molecule has 0 bridgehead atoms. The van der Waals surface area contributed by atoms with E-state index in [9.17, 15) is 18.0 Å². The summed E-state index contributed by atoms with van der Waals surface area (Å²) in [7, 11) is 0. The number of piperazine rings is 1. The first kappa shape index (κ1) is 19.5. The topological polar surface area (TPSA) is 36.8 Å². The van der Waals surface area contributed by atoms with Gasteiger partial charge in [-0.2, -0.15) is 0 Å². The number of benzene rings is 2. The Balaban J connectivity index is 1.59. The third kappa shape index (κ3) is 4.36. The van der Waals surface area contributed by atoms with Crippen LogP contribution in [0.25, 0.3) is 0 Å². The first-order chi connectivity index (χ1) is 12.9. The van der Waals surface area contributed by atoms with Crippen LogP contribution in [0.3, 0.4) is 0 Å². The van der Waals surface area contributed by atoms with E-state index in [4.69, 9.17) is 11.6 Å². The van der Waals surface area contributed by atoms with Gasteiger partial charge in [0.05, 0.1) is 31.9 Å². The van der Waals surface area contributed by atoms with Crippen molar-refractivity contribution >= 4 is 28.9 Å². The maximum atomic E-state index is 13.7. The summed E-state index contributed by atoms with van der Waals surface area (Å²) in [4.78, 5) is 15.6. The van der Waals surface area contributed by atoms with E-state index in [1.807, 2.05) is 24.3 Å². The highest BCUT2D eigenvalue weighted by Crippen LogP contribution is 2.20. The Kier molecular flexibility index (Phi) is 5.92. The fraction of sp³-hybridized carbons (Fsp3) is 0.316. The van der Waals surface area contributed by atoms with Crippen LogP contribution in [0.15, 0.2) is 36.4 Å². The molecule has 1 amide bonds. The second-order valence-corrected chi connectivity index (χ2v) is 7.00. The van der Waals surface area contributed by atoms with Crippen LogP contribution in [0.4, 0.5) is 24.5 Å². The molecule has 1 aliphatic rings. The summed E-state index contributed by atoms with van der Waals surface area (Å²) < 4.78 is 40.1. The second kappa shape index (κ2) is 8.19. The number of carbonyl (C=O) groups is 1. The summed E-state index contributed by atoms with van der Waals surface area (Å²) in [6.45, 7) is 4.64. The van der Waals surface area contributed by atoms with Crippen molar-refractivity contribution in [1.82, 2.24) is 0 Å². The fourth-order valence-electron chi connectivity index (χ4n) is 3.21. The number of halogens is 4. The van der Waals surface area contributed by atoms with Crippen LogP contribution in [-0.2, 0) is 4.79 Å². The number of hydrogen-bond acceptors (Lipinski definition) is 2. The number of anilines is 2. The quantitative estimate of drug-likeness (QED) is 0.776. The van der Waals surface area contributed by atoms with Gasteiger partial charge in [-0.25, -0.2) is 13.2 Å². The Morgan fingerprint density at radius 2 is 1.85 bits per heavy atom. The average molecular weight is 399 g/mol. The summed E-state index contributed by atoms with van der Waals surface area (Å²) in [5.74, 6) is -4.72. The summed E-state index contributed by atoms with van der Waals surface area (Å²) in [6, 6.07) is 8.94. The molecule has 1 atom stereocenters. The van der Waals surface area contributed by atoms with Gasteiger partial charge >= 0.3 is 0 Å². The van der Waals surface area contributed by atoms with Crippen LogP contribution >= 0.6 is 11.6 Å². The molecule has 1 saturated heterocycles. The summed E-state index contributed by atoms with van der Waals surface area (Å²) in [5.41, 5.74) is 0.672. The van der Waals surface area contributed by atoms with Gasteiger partial charge in [-0.3, -0.25) is 4.79 Å². The lowest BCUT2D eigenvalue weighted by Crippen LogP contribution is -3.19. The first-order valence-corrected chi connectivity index (χ1v) is 9.04. The van der Waals surface area contributed by atoms with Crippen molar-refractivity contribution in [2.24, 2.45) is 0 Å². The van der Waals surface area contributed by atoms with Crippen molar-refractivity contribution in [3.63, 3.8) is 0 Å². The van der Waals surface area contributed by atoms with Gasteiger partial charge < -0.3 is 15.1 Å². The van der Waals surface area contributed by atoms with E-state index in [-0.39, 0.29) is 5.69 Å². The molecule has 2 aromatic carbocycles. The zero-order chi connectivity index (χ0) is 19.6. The number of nitrogens with one attached hydrogen (secondary N) is 2. The summed E-state index contributed by atoms with van der Waals surface area (Å²) in [6.07, 6.45) is 0. The molecule has 1 aliphatic heterocycles. The highest BCUT2D eigenvalue weighted by molar-refractivity contribution is 6.30. The average Bonchev–Trinajstić information content (AvgIpc) is 2.68. The van der Waals surface area contributed by atoms with Crippen LogP contribution in [0, 0.1) is 17.5 Å². The maximum Gasteiger partial charge on any atom is 0.282 e. The van der Waals surface area contributed by atoms with Gasteiger partial charge in [0.1, 0.15) is 0 Å². The van der Waals surface area contributed by atoms with Crippen LogP contribution in [-0.4, -0.2) is 38.1 Å². The monoisotopic (exact) mass is 398 g/mol. The molecule has 144 valence electrons. The van der Waals surface area contributed by atoms with Crippen molar-refractivity contribution in [1.29, 1.82) is 0 Å². The first-order valence-electron chi connectivity index (χ1n) is 8.66. The molecule has 1 heterocycles. The number of carbonyl (C=O) groups excluding carboxylic acids is 1. The highest BCUT2D eigenvalue weighted by atomic mass is 35.5. The van der Waals surface area contributed by atoms with Crippen LogP contribution in [0.1, 0.15) is 6.92 Å². The number of quaternary nitrogens is 1. The molecule has 0 aliphatic carbocycles. The number of rotatable bonds is 4. The van der Waals surface area contributed by atoms with Gasteiger partial charge in [0.15, 0.2) is 23.5 Å². The zero-order valence-corrected chi connectivity index (χ0v) is 15.5. The molecule has 8 heteroatoms. The minimum atomic E-state index is -1.59. The van der Waals surface area contributed by atoms with E-state index in [2.05, 4.69) is 10.2 Å². The van der Waals surface area contributed by atoms with Crippen molar-refractivity contribution in [3.05, 3.63) is 58.9 Å². The molecule has 0 saturated carbocycles. The van der Waals surface area contributed by atoms with E-state index in [1.165, 1.54) is 0 Å². The lowest BCUT2D eigenvalue weighted by Gasteiger charge is -2.36. The van der Waals surface area contributed by atoms with Crippen molar-refractivity contribution < 1.29 is 22.9 Å². The van der Waals surface area contributed by atoms with Gasteiger partial charge in [0.2, 0.25) is 0 Å². The third-order valence-electron chi connectivity index (χ3n) is 4.88. The van der Waals surface area contributed by atoms with Gasteiger partial charge in [-0.15, -0.1) is 0 Å². The Morgan fingerprint density at radius 3 is 2.52 bits per heavy atom. The molecular weight excluding hydrogens is 379 g/mol. The molecule has 4 nitrogen and oxygen atoms in total. The lowest BCUT2D eigenvalue weighted by atomic mass is 10.2. The predicted octanol–water partition coefficient (Wildman–Crippen LogP) is 2.49. The smallest absolute Gasteiger partial charge is 0.282 e. The van der Waals surface area contributed by atoms with Gasteiger partial charge in [0, 0.05) is 10.7 Å². The van der Waals surface area contributed by atoms with Gasteiger partial charge in [-0.1, -0.05) is 17.7 Å². The minimum absolute atomic E-state index is 0.359. The zero-order valence-electron chi connectivity index (χ0n) is 14.7. The van der Waals surface area contributed by atoms with Crippen molar-refractivity contribution in [2.75, 3.05) is 36.4 Å². The van der Waals surface area contributed by atoms with E-state index in [0.717, 1.165) is 35.8 Å². The van der Waals surface area contributed by atoms with Gasteiger partial charge in [-0.05, 0) is 37.3 Å². The summed E-state index contributed by atoms with van der Waals surface area (Å²) >= 11 is 6.03. The number of amides is 1.